The Hall–Kier alpha value is -2.37. The largest absolute Gasteiger partial charge is 0.418 e. The number of pyridine rings is 1. The summed E-state index contributed by atoms with van der Waals surface area (Å²) in [6.45, 7) is 1.87. The molecule has 0 N–H and O–H groups in total. The third-order valence-electron chi connectivity index (χ3n) is 2.84. The molecule has 0 aliphatic heterocycles. The number of aryl methyl sites for hydroxylation is 1. The molecule has 0 unspecified atom stereocenters. The van der Waals surface area contributed by atoms with Crippen LogP contribution in [0.15, 0.2) is 40.9 Å². The van der Waals surface area contributed by atoms with Crippen LogP contribution < -0.4 is 0 Å². The summed E-state index contributed by atoms with van der Waals surface area (Å²) in [5.41, 5.74) is 1.66. The van der Waals surface area contributed by atoms with E-state index in [1.54, 1.807) is 12.3 Å². The van der Waals surface area contributed by atoms with Crippen LogP contribution >= 0.6 is 0 Å². The van der Waals surface area contributed by atoms with Crippen molar-refractivity contribution in [2.75, 3.05) is 0 Å². The molecule has 2 aromatic heterocycles. The van der Waals surface area contributed by atoms with Crippen LogP contribution in [0, 0.1) is 6.92 Å². The summed E-state index contributed by atoms with van der Waals surface area (Å²) in [6.07, 6.45) is -2.71. The van der Waals surface area contributed by atoms with Crippen molar-refractivity contribution in [2.45, 2.75) is 13.1 Å². The maximum atomic E-state index is 12.5. The molecule has 3 aromatic rings. The molecule has 0 atom stereocenters. The van der Waals surface area contributed by atoms with Gasteiger partial charge < -0.3 is 4.42 Å². The SMILES string of the molecule is Cc1cnc2oc(-c3ccc(C(F)(F)F)cc3)nc2c1. The Morgan fingerprint density at radius 2 is 1.80 bits per heavy atom. The molecule has 2 heterocycles. The summed E-state index contributed by atoms with van der Waals surface area (Å²) in [7, 11) is 0. The van der Waals surface area contributed by atoms with Crippen molar-refractivity contribution in [2.24, 2.45) is 0 Å². The molecule has 0 amide bonds. The summed E-state index contributed by atoms with van der Waals surface area (Å²) in [4.78, 5) is 8.30. The number of alkyl halides is 3. The van der Waals surface area contributed by atoms with E-state index in [9.17, 15) is 13.2 Å². The first-order chi connectivity index (χ1) is 9.43. The van der Waals surface area contributed by atoms with E-state index >= 15 is 0 Å². The lowest BCUT2D eigenvalue weighted by Crippen LogP contribution is -2.03. The number of hydrogen-bond donors (Lipinski definition) is 0. The van der Waals surface area contributed by atoms with E-state index in [0.717, 1.165) is 17.7 Å². The number of benzene rings is 1. The normalized spacial score (nSPS) is 12.0. The molecule has 0 saturated carbocycles. The van der Waals surface area contributed by atoms with E-state index in [1.165, 1.54) is 12.1 Å². The lowest BCUT2D eigenvalue weighted by atomic mass is 10.1. The van der Waals surface area contributed by atoms with Gasteiger partial charge in [-0.2, -0.15) is 13.2 Å². The molecule has 102 valence electrons. The van der Waals surface area contributed by atoms with Gasteiger partial charge >= 0.3 is 6.18 Å². The molecule has 3 nitrogen and oxygen atoms in total. The topological polar surface area (TPSA) is 38.9 Å². The minimum absolute atomic E-state index is 0.256. The smallest absolute Gasteiger partial charge is 0.416 e. The molecule has 0 bridgehead atoms. The zero-order valence-corrected chi connectivity index (χ0v) is 10.4. The van der Waals surface area contributed by atoms with E-state index in [1.807, 2.05) is 6.92 Å². The highest BCUT2D eigenvalue weighted by Gasteiger charge is 2.30. The number of nitrogens with zero attached hydrogens (tertiary/aromatic N) is 2. The van der Waals surface area contributed by atoms with Gasteiger partial charge in [-0.1, -0.05) is 0 Å². The highest BCUT2D eigenvalue weighted by atomic mass is 19.4. The quantitative estimate of drug-likeness (QED) is 0.669. The second-order valence-electron chi connectivity index (χ2n) is 4.43. The minimum atomic E-state index is -4.35. The van der Waals surface area contributed by atoms with Crippen molar-refractivity contribution < 1.29 is 17.6 Å². The lowest BCUT2D eigenvalue weighted by Gasteiger charge is -2.05. The second kappa shape index (κ2) is 4.33. The molecular weight excluding hydrogens is 269 g/mol. The third-order valence-corrected chi connectivity index (χ3v) is 2.84. The van der Waals surface area contributed by atoms with E-state index < -0.39 is 11.7 Å². The van der Waals surface area contributed by atoms with Gasteiger partial charge in [0.15, 0.2) is 0 Å². The number of halogens is 3. The first-order valence-electron chi connectivity index (χ1n) is 5.84. The third kappa shape index (κ3) is 2.24. The van der Waals surface area contributed by atoms with Gasteiger partial charge in [-0.3, -0.25) is 0 Å². The second-order valence-corrected chi connectivity index (χ2v) is 4.43. The van der Waals surface area contributed by atoms with E-state index in [-0.39, 0.29) is 5.89 Å². The first-order valence-corrected chi connectivity index (χ1v) is 5.84. The molecule has 3 rings (SSSR count). The predicted octanol–water partition coefficient (Wildman–Crippen LogP) is 4.22. The Labute approximate surface area is 112 Å². The molecule has 0 fully saturated rings. The predicted molar refractivity (Wildman–Crippen MR) is 67.0 cm³/mol. The van der Waals surface area contributed by atoms with Crippen molar-refractivity contribution in [1.29, 1.82) is 0 Å². The molecule has 0 aliphatic rings. The van der Waals surface area contributed by atoms with Crippen molar-refractivity contribution in [3.63, 3.8) is 0 Å². The molecule has 1 aromatic carbocycles. The Morgan fingerprint density at radius 3 is 2.45 bits per heavy atom. The van der Waals surface area contributed by atoms with Crippen molar-refractivity contribution in [3.8, 4) is 11.5 Å². The number of hydrogen-bond acceptors (Lipinski definition) is 3. The van der Waals surface area contributed by atoms with Crippen LogP contribution in [-0.4, -0.2) is 9.97 Å². The fourth-order valence-electron chi connectivity index (χ4n) is 1.85. The fraction of sp³-hybridized carbons (Fsp3) is 0.143. The zero-order valence-electron chi connectivity index (χ0n) is 10.4. The Morgan fingerprint density at radius 1 is 1.10 bits per heavy atom. The molecule has 6 heteroatoms. The van der Waals surface area contributed by atoms with Crippen molar-refractivity contribution in [3.05, 3.63) is 47.7 Å². The van der Waals surface area contributed by atoms with Crippen molar-refractivity contribution in [1.82, 2.24) is 9.97 Å². The minimum Gasteiger partial charge on any atom is -0.418 e. The molecule has 0 radical (unpaired) electrons. The summed E-state index contributed by atoms with van der Waals surface area (Å²) >= 11 is 0. The summed E-state index contributed by atoms with van der Waals surface area (Å²) in [5, 5.41) is 0. The van der Waals surface area contributed by atoms with E-state index in [0.29, 0.717) is 16.8 Å². The number of fused-ring (bicyclic) bond motifs is 1. The van der Waals surface area contributed by atoms with Gasteiger partial charge in [0.2, 0.25) is 11.6 Å². The van der Waals surface area contributed by atoms with Gasteiger partial charge in [-0.25, -0.2) is 9.97 Å². The Kier molecular flexibility index (Phi) is 2.74. The maximum Gasteiger partial charge on any atom is 0.416 e. The van der Waals surface area contributed by atoms with Gasteiger partial charge in [-0.15, -0.1) is 0 Å². The lowest BCUT2D eigenvalue weighted by molar-refractivity contribution is -0.137. The van der Waals surface area contributed by atoms with Gasteiger partial charge in [-0.05, 0) is 42.8 Å². The van der Waals surface area contributed by atoms with E-state index in [4.69, 9.17) is 4.42 Å². The van der Waals surface area contributed by atoms with Gasteiger partial charge in [0.1, 0.15) is 5.52 Å². The Balaban J connectivity index is 2.02. The van der Waals surface area contributed by atoms with Crippen molar-refractivity contribution >= 4 is 11.2 Å². The highest BCUT2D eigenvalue weighted by Crippen LogP contribution is 2.31. The summed E-state index contributed by atoms with van der Waals surface area (Å²) in [5.74, 6) is 0.256. The molecule has 0 spiro atoms. The van der Waals surface area contributed by atoms with Gasteiger partial charge in [0, 0.05) is 11.8 Å². The fourth-order valence-corrected chi connectivity index (χ4v) is 1.85. The summed E-state index contributed by atoms with van der Waals surface area (Å²) < 4.78 is 42.9. The van der Waals surface area contributed by atoms with E-state index in [2.05, 4.69) is 9.97 Å². The van der Waals surface area contributed by atoms with Gasteiger partial charge in [0.25, 0.3) is 0 Å². The van der Waals surface area contributed by atoms with Crippen LogP contribution in [0.2, 0.25) is 0 Å². The average Bonchev–Trinajstić information content (AvgIpc) is 2.80. The van der Waals surface area contributed by atoms with Crippen LogP contribution in [0.5, 0.6) is 0 Å². The monoisotopic (exact) mass is 278 g/mol. The van der Waals surface area contributed by atoms with Crippen LogP contribution in [0.1, 0.15) is 11.1 Å². The van der Waals surface area contributed by atoms with Crippen LogP contribution in [0.25, 0.3) is 22.7 Å². The van der Waals surface area contributed by atoms with Crippen LogP contribution in [0.4, 0.5) is 13.2 Å². The molecule has 0 saturated heterocycles. The Bertz CT molecular complexity index is 760. The highest BCUT2D eigenvalue weighted by molar-refractivity contribution is 5.73. The number of oxazole rings is 1. The maximum absolute atomic E-state index is 12.5. The first kappa shape index (κ1) is 12.7. The summed E-state index contributed by atoms with van der Waals surface area (Å²) in [6, 6.07) is 6.48. The van der Waals surface area contributed by atoms with Gasteiger partial charge in [0.05, 0.1) is 5.56 Å². The van der Waals surface area contributed by atoms with Crippen LogP contribution in [-0.2, 0) is 6.18 Å². The average molecular weight is 278 g/mol. The zero-order chi connectivity index (χ0) is 14.3. The molecule has 0 aliphatic carbocycles. The molecule has 20 heavy (non-hydrogen) atoms. The number of rotatable bonds is 1. The standard InChI is InChI=1S/C14H9F3N2O/c1-8-6-11-13(18-7-8)20-12(19-11)9-2-4-10(5-3-9)14(15,16)17/h2-7H,1H3. The van der Waals surface area contributed by atoms with Crippen LogP contribution in [0.3, 0.4) is 0 Å². The number of aromatic nitrogens is 2. The molecular formula is C14H9F3N2O.